The third kappa shape index (κ3) is 6.57. The fourth-order valence-corrected chi connectivity index (χ4v) is 14.0. The Morgan fingerprint density at radius 3 is 1.08 bits per heavy atom. The van der Waals surface area contributed by atoms with E-state index in [1.807, 2.05) is 0 Å². The van der Waals surface area contributed by atoms with Gasteiger partial charge in [0.1, 0.15) is 14.1 Å². The highest BCUT2D eigenvalue weighted by Crippen LogP contribution is 2.55. The van der Waals surface area contributed by atoms with Crippen LogP contribution in [0.5, 0.6) is 0 Å². The summed E-state index contributed by atoms with van der Waals surface area (Å²) >= 11 is 0. The Balaban J connectivity index is 0.907. The molecule has 4 heterocycles. The second-order valence-corrected chi connectivity index (χ2v) is 22.3. The summed E-state index contributed by atoms with van der Waals surface area (Å²) < 4.78 is 4.79. The Morgan fingerprint density at radius 2 is 0.722 bits per heavy atom. The number of likely N-dealkylation sites (N-methyl/N-ethyl adjacent to an activating group) is 2. The Labute approximate surface area is 426 Å². The van der Waals surface area contributed by atoms with Crippen molar-refractivity contribution in [3.8, 4) is 0 Å². The molecule has 0 bridgehead atoms. The zero-order chi connectivity index (χ0) is 49.9. The van der Waals surface area contributed by atoms with Crippen LogP contribution in [-0.4, -0.2) is 48.8 Å². The Morgan fingerprint density at radius 1 is 0.403 bits per heavy atom. The van der Waals surface area contributed by atoms with E-state index in [0.717, 1.165) is 12.8 Å². The highest BCUT2D eigenvalue weighted by molar-refractivity contribution is 6.09. The van der Waals surface area contributed by atoms with Crippen molar-refractivity contribution in [2.75, 3.05) is 38.0 Å². The third-order valence-corrected chi connectivity index (χ3v) is 17.5. The zero-order valence-corrected chi connectivity index (χ0v) is 43.7. The van der Waals surface area contributed by atoms with Gasteiger partial charge in [-0.1, -0.05) is 133 Å². The normalized spacial score (nSPS) is 22.2. The van der Waals surface area contributed by atoms with Gasteiger partial charge in [0, 0.05) is 83.1 Å². The van der Waals surface area contributed by atoms with Gasteiger partial charge in [0.2, 0.25) is 11.4 Å². The number of nitrogens with zero attached hydrogens (tertiary/aromatic N) is 4. The highest BCUT2D eigenvalue weighted by atomic mass is 15.2. The molecule has 4 nitrogen and oxygen atoms in total. The average Bonchev–Trinajstić information content (AvgIpc) is 3.91. The molecule has 356 valence electrons. The largest absolute Gasteiger partial charge is 0.347 e. The molecule has 0 radical (unpaired) electrons. The number of fused-ring (bicyclic) bond motifs is 12. The molecule has 8 aromatic rings. The number of allylic oxidation sites excluding steroid dienone is 10. The molecule has 0 spiro atoms. The van der Waals surface area contributed by atoms with Crippen molar-refractivity contribution in [1.29, 1.82) is 0 Å². The zero-order valence-electron chi connectivity index (χ0n) is 43.7. The van der Waals surface area contributed by atoms with Crippen LogP contribution in [-0.2, 0) is 21.7 Å². The van der Waals surface area contributed by atoms with Crippen molar-refractivity contribution in [3.05, 3.63) is 228 Å². The predicted molar refractivity (Wildman–Crippen MR) is 308 cm³/mol. The van der Waals surface area contributed by atoms with Crippen LogP contribution in [0.15, 0.2) is 206 Å². The Bertz CT molecular complexity index is 3600. The van der Waals surface area contributed by atoms with Gasteiger partial charge in [-0.2, -0.15) is 9.15 Å². The molecule has 0 amide bonds. The molecule has 72 heavy (non-hydrogen) atoms. The van der Waals surface area contributed by atoms with Gasteiger partial charge in [-0.25, -0.2) is 0 Å². The molecular weight excluding hydrogens is 873 g/mol. The van der Waals surface area contributed by atoms with Gasteiger partial charge in [0.15, 0.2) is 11.4 Å². The minimum absolute atomic E-state index is 0.159. The first-order chi connectivity index (χ1) is 34.7. The minimum Gasteiger partial charge on any atom is -0.347 e. The van der Waals surface area contributed by atoms with Crippen molar-refractivity contribution in [3.63, 3.8) is 0 Å². The van der Waals surface area contributed by atoms with Gasteiger partial charge in [0.25, 0.3) is 0 Å². The number of hydrogen-bond acceptors (Lipinski definition) is 2. The molecule has 2 atom stereocenters. The molecule has 0 fully saturated rings. The first-order valence-electron chi connectivity index (χ1n) is 25.9. The molecule has 4 aliphatic heterocycles. The lowest BCUT2D eigenvalue weighted by Crippen LogP contribution is -2.27. The molecule has 8 aromatic carbocycles. The maximum atomic E-state index is 2.49. The molecule has 12 rings (SSSR count). The van der Waals surface area contributed by atoms with Gasteiger partial charge in [0.05, 0.1) is 10.8 Å². The van der Waals surface area contributed by atoms with Gasteiger partial charge >= 0.3 is 0 Å². The molecule has 0 aromatic heterocycles. The standard InChI is InChI=1S/C68H66N4/c1-65(2)57(69(7)53-39-35-45-23-11-15-27-49(45)61(53)65)31-21-33-59-67(5,63-51-29-17-13-25-47(51)37-41-55(63)71(59)9)43-19-20-44-68(6)60(72(10)56-42-38-48-26-14-18-30-52(48)64(56)68)34-22-32-58-66(3,4)62-50-28-16-12-24-46(50)36-40-54(62)70(58)8/h11-42H,43-44H2,1-10H3/q+2/b20-19-. The maximum Gasteiger partial charge on any atom is 0.210 e. The summed E-state index contributed by atoms with van der Waals surface area (Å²) in [6, 6.07) is 53.9. The lowest BCUT2D eigenvalue weighted by molar-refractivity contribution is -0.401. The molecule has 0 N–H and O–H groups in total. The topological polar surface area (TPSA) is 12.5 Å². The summed E-state index contributed by atoms with van der Waals surface area (Å²) in [5.41, 5.74) is 15.1. The van der Waals surface area contributed by atoms with Gasteiger partial charge < -0.3 is 9.80 Å². The van der Waals surface area contributed by atoms with E-state index < -0.39 is 0 Å². The quantitative estimate of drug-likeness (QED) is 0.111. The Kier molecular flexibility index (Phi) is 10.4. The lowest BCUT2D eigenvalue weighted by Gasteiger charge is -2.30. The summed E-state index contributed by atoms with van der Waals surface area (Å²) in [7, 11) is 8.97. The minimum atomic E-state index is -0.285. The van der Waals surface area contributed by atoms with Gasteiger partial charge in [-0.3, -0.25) is 0 Å². The molecule has 0 aliphatic carbocycles. The first kappa shape index (κ1) is 45.6. The van der Waals surface area contributed by atoms with Gasteiger partial charge in [-0.05, 0) is 145 Å². The molecule has 4 heteroatoms. The van der Waals surface area contributed by atoms with Crippen LogP contribution < -0.4 is 9.80 Å². The molecular formula is C68H66N4+2. The van der Waals surface area contributed by atoms with Crippen LogP contribution in [0, 0.1) is 0 Å². The monoisotopic (exact) mass is 939 g/mol. The van der Waals surface area contributed by atoms with Crippen LogP contribution >= 0.6 is 0 Å². The summed E-state index contributed by atoms with van der Waals surface area (Å²) in [5, 5.41) is 10.5. The predicted octanol–water partition coefficient (Wildman–Crippen LogP) is 16.0. The van der Waals surface area contributed by atoms with Crippen molar-refractivity contribution < 1.29 is 9.15 Å². The van der Waals surface area contributed by atoms with Crippen LogP contribution in [0.2, 0.25) is 0 Å². The van der Waals surface area contributed by atoms with Gasteiger partial charge in [-0.15, -0.1) is 0 Å². The van der Waals surface area contributed by atoms with Crippen molar-refractivity contribution >= 4 is 77.3 Å². The summed E-state index contributed by atoms with van der Waals surface area (Å²) in [5.74, 6) is 0. The van der Waals surface area contributed by atoms with Crippen molar-refractivity contribution in [2.45, 2.75) is 76.0 Å². The summed E-state index contributed by atoms with van der Waals surface area (Å²) in [6.45, 7) is 14.4. The van der Waals surface area contributed by atoms with Crippen LogP contribution in [0.25, 0.3) is 43.1 Å². The fraction of sp³-hybridized carbons (Fsp3) is 0.235. The van der Waals surface area contributed by atoms with Crippen LogP contribution in [0.1, 0.15) is 76.6 Å². The summed E-state index contributed by atoms with van der Waals surface area (Å²) in [6.07, 6.45) is 20.8. The second-order valence-electron chi connectivity index (χ2n) is 22.3. The second kappa shape index (κ2) is 16.5. The van der Waals surface area contributed by atoms with E-state index in [1.165, 1.54) is 111 Å². The van der Waals surface area contributed by atoms with Crippen molar-refractivity contribution in [1.82, 2.24) is 0 Å². The van der Waals surface area contributed by atoms with E-state index in [4.69, 9.17) is 0 Å². The molecule has 4 aliphatic rings. The number of anilines is 2. The van der Waals surface area contributed by atoms with Crippen molar-refractivity contribution in [2.24, 2.45) is 0 Å². The fourth-order valence-electron chi connectivity index (χ4n) is 14.0. The van der Waals surface area contributed by atoms with E-state index in [-0.39, 0.29) is 21.7 Å². The number of hydrogen-bond donors (Lipinski definition) is 0. The smallest absolute Gasteiger partial charge is 0.210 e. The van der Waals surface area contributed by atoms with Crippen LogP contribution in [0.3, 0.4) is 0 Å². The average molecular weight is 939 g/mol. The third-order valence-electron chi connectivity index (χ3n) is 17.5. The SMILES string of the molecule is CN1/C(=C/C=C/C2=[N+](C)c3ccc4ccccc4c3C2(C)C)C(C)(C/C=C\CC2(C)/C(=C\C=C\C3=[N+](C)c4ccc5ccccc5c4C3(C)C)N(C)c3ccc4ccccc4c32)c2c1ccc1ccccc21. The molecule has 2 unspecified atom stereocenters. The Hall–Kier alpha value is -7.56. The molecule has 0 saturated heterocycles. The maximum absolute atomic E-state index is 2.49. The van der Waals surface area contributed by atoms with Crippen LogP contribution in [0.4, 0.5) is 22.7 Å². The number of benzene rings is 8. The van der Waals surface area contributed by atoms with E-state index in [2.05, 4.69) is 283 Å². The lowest BCUT2D eigenvalue weighted by atomic mass is 9.74. The van der Waals surface area contributed by atoms with E-state index in [1.54, 1.807) is 0 Å². The summed E-state index contributed by atoms with van der Waals surface area (Å²) in [4.78, 5) is 4.89. The highest BCUT2D eigenvalue weighted by Gasteiger charge is 2.47. The first-order valence-corrected chi connectivity index (χ1v) is 25.9. The van der Waals surface area contributed by atoms with E-state index in [0.29, 0.717) is 0 Å². The van der Waals surface area contributed by atoms with E-state index in [9.17, 15) is 0 Å². The van der Waals surface area contributed by atoms with E-state index >= 15 is 0 Å². The number of rotatable bonds is 8. The molecule has 0 saturated carbocycles.